The van der Waals surface area contributed by atoms with Gasteiger partial charge in [0.05, 0.1) is 12.8 Å². The Balaban J connectivity index is 3.69. The fourth-order valence-electron chi connectivity index (χ4n) is 0.513. The topological polar surface area (TPSA) is 37.3 Å². The summed E-state index contributed by atoms with van der Waals surface area (Å²) >= 11 is 2.61. The Kier molecular flexibility index (Phi) is 3.85. The maximum Gasteiger partial charge on any atom is 0.390 e. The number of hydrogen-bond donors (Lipinski definition) is 1. The van der Waals surface area contributed by atoms with Crippen LogP contribution in [0.4, 0.5) is 13.2 Å². The minimum Gasteiger partial charge on any atom is -0.481 e. The normalized spacial score (nSPS) is 14.5. The molecule has 0 aromatic carbocycles. The first-order valence-corrected chi connectivity index (χ1v) is 3.65. The molecule has 0 aliphatic rings. The lowest BCUT2D eigenvalue weighted by Gasteiger charge is -2.09. The second-order valence-electron chi connectivity index (χ2n) is 2.01. The summed E-state index contributed by atoms with van der Waals surface area (Å²) in [5, 5.41) is 8.08. The molecule has 1 atom stereocenters. The minimum absolute atomic E-state index is 0.514. The van der Waals surface area contributed by atoms with Crippen molar-refractivity contribution >= 4 is 21.9 Å². The summed E-state index contributed by atoms with van der Waals surface area (Å²) in [6, 6.07) is 0. The molecule has 0 aromatic rings. The minimum atomic E-state index is -4.30. The molecule has 0 radical (unpaired) electrons. The number of halogens is 4. The zero-order valence-corrected chi connectivity index (χ0v) is 6.94. The van der Waals surface area contributed by atoms with Gasteiger partial charge >= 0.3 is 12.1 Å². The Morgan fingerprint density at radius 3 is 2.27 bits per heavy atom. The fourth-order valence-corrected chi connectivity index (χ4v) is 1.16. The van der Waals surface area contributed by atoms with E-state index in [1.54, 1.807) is 0 Å². The lowest BCUT2D eigenvalue weighted by molar-refractivity contribution is -0.141. The Labute approximate surface area is 69.5 Å². The molecule has 1 N–H and O–H groups in total. The zero-order valence-electron chi connectivity index (χ0n) is 5.36. The van der Waals surface area contributed by atoms with E-state index in [1.165, 1.54) is 0 Å². The smallest absolute Gasteiger partial charge is 0.390 e. The van der Waals surface area contributed by atoms with Crippen molar-refractivity contribution in [1.29, 1.82) is 0 Å². The van der Waals surface area contributed by atoms with E-state index in [1.807, 2.05) is 0 Å². The van der Waals surface area contributed by atoms with Gasteiger partial charge in [-0.25, -0.2) is 0 Å². The molecule has 0 aromatic heterocycles. The van der Waals surface area contributed by atoms with E-state index in [-0.39, 0.29) is 0 Å². The molecule has 0 heterocycles. The van der Waals surface area contributed by atoms with Gasteiger partial charge in [-0.2, -0.15) is 13.2 Å². The average Bonchev–Trinajstić information content (AvgIpc) is 1.53. The number of aliphatic carboxylic acids is 1. The molecule has 0 bridgehead atoms. The maximum atomic E-state index is 11.5. The monoisotopic (exact) mass is 234 g/mol. The highest BCUT2D eigenvalue weighted by Crippen LogP contribution is 2.26. The molecule has 0 saturated heterocycles. The average molecular weight is 235 g/mol. The number of rotatable bonds is 3. The molecule has 0 saturated carbocycles. The molecule has 0 rings (SSSR count). The van der Waals surface area contributed by atoms with E-state index in [2.05, 4.69) is 15.9 Å². The third kappa shape index (κ3) is 7.64. The van der Waals surface area contributed by atoms with Crippen molar-refractivity contribution in [2.45, 2.75) is 23.8 Å². The van der Waals surface area contributed by atoms with Gasteiger partial charge in [-0.1, -0.05) is 15.9 Å². The number of carboxylic acid groups (broad SMARTS) is 1. The van der Waals surface area contributed by atoms with Crippen LogP contribution in [0.3, 0.4) is 0 Å². The van der Waals surface area contributed by atoms with Gasteiger partial charge in [0.1, 0.15) is 0 Å². The Bertz CT molecular complexity index is 145. The summed E-state index contributed by atoms with van der Waals surface area (Å²) in [5.74, 6) is -1.24. The zero-order chi connectivity index (χ0) is 9.07. The predicted octanol–water partition coefficient (Wildman–Crippen LogP) is 2.18. The maximum absolute atomic E-state index is 11.5. The van der Waals surface area contributed by atoms with Crippen LogP contribution in [0.2, 0.25) is 0 Å². The van der Waals surface area contributed by atoms with E-state index in [0.717, 1.165) is 0 Å². The number of carbonyl (C=O) groups is 1. The second-order valence-corrected chi connectivity index (χ2v) is 3.31. The van der Waals surface area contributed by atoms with Crippen LogP contribution in [0.1, 0.15) is 12.8 Å². The van der Waals surface area contributed by atoms with Gasteiger partial charge in [0.2, 0.25) is 0 Å². The lowest BCUT2D eigenvalue weighted by Crippen LogP contribution is -2.17. The molecule has 66 valence electrons. The third-order valence-corrected chi connectivity index (χ3v) is 1.50. The quantitative estimate of drug-likeness (QED) is 0.761. The first-order valence-electron chi connectivity index (χ1n) is 2.74. The largest absolute Gasteiger partial charge is 0.481 e. The van der Waals surface area contributed by atoms with Crippen LogP contribution in [-0.2, 0) is 4.79 Å². The van der Waals surface area contributed by atoms with Crippen molar-refractivity contribution in [1.82, 2.24) is 0 Å². The first-order chi connectivity index (χ1) is 4.81. The molecule has 0 fully saturated rings. The molecule has 6 heteroatoms. The summed E-state index contributed by atoms with van der Waals surface area (Å²) in [7, 11) is 0. The SMILES string of the molecule is O=C(O)CC(Br)CC(F)(F)F. The van der Waals surface area contributed by atoms with E-state index in [4.69, 9.17) is 5.11 Å². The van der Waals surface area contributed by atoms with Crippen molar-refractivity contribution in [3.8, 4) is 0 Å². The van der Waals surface area contributed by atoms with Crippen molar-refractivity contribution in [3.05, 3.63) is 0 Å². The van der Waals surface area contributed by atoms with Crippen molar-refractivity contribution in [2.75, 3.05) is 0 Å². The van der Waals surface area contributed by atoms with Crippen molar-refractivity contribution in [2.24, 2.45) is 0 Å². The number of alkyl halides is 4. The molecule has 0 aliphatic heterocycles. The molecular formula is C5H6BrF3O2. The first kappa shape index (κ1) is 10.7. The molecule has 2 nitrogen and oxygen atoms in total. The molecular weight excluding hydrogens is 229 g/mol. The van der Waals surface area contributed by atoms with Crippen LogP contribution < -0.4 is 0 Å². The molecule has 0 amide bonds. The van der Waals surface area contributed by atoms with Crippen LogP contribution in [0.25, 0.3) is 0 Å². The van der Waals surface area contributed by atoms with Gasteiger partial charge in [0.15, 0.2) is 0 Å². The van der Waals surface area contributed by atoms with Gasteiger partial charge in [-0.3, -0.25) is 4.79 Å². The van der Waals surface area contributed by atoms with Gasteiger partial charge in [0, 0.05) is 4.83 Å². The second kappa shape index (κ2) is 3.94. The number of carboxylic acids is 1. The fraction of sp³-hybridized carbons (Fsp3) is 0.800. The molecule has 0 spiro atoms. The van der Waals surface area contributed by atoms with E-state index >= 15 is 0 Å². The summed E-state index contributed by atoms with van der Waals surface area (Å²) < 4.78 is 34.6. The Morgan fingerprint density at radius 1 is 1.55 bits per heavy atom. The predicted molar refractivity (Wildman–Crippen MR) is 35.6 cm³/mol. The van der Waals surface area contributed by atoms with Gasteiger partial charge in [-0.05, 0) is 0 Å². The van der Waals surface area contributed by atoms with Crippen LogP contribution >= 0.6 is 15.9 Å². The van der Waals surface area contributed by atoms with E-state index in [0.29, 0.717) is 0 Å². The highest BCUT2D eigenvalue weighted by molar-refractivity contribution is 9.09. The van der Waals surface area contributed by atoms with Crippen LogP contribution in [0.5, 0.6) is 0 Å². The highest BCUT2D eigenvalue weighted by Gasteiger charge is 2.31. The van der Waals surface area contributed by atoms with Crippen molar-refractivity contribution in [3.63, 3.8) is 0 Å². The summed E-state index contributed by atoms with van der Waals surface area (Å²) in [6.45, 7) is 0. The van der Waals surface area contributed by atoms with Gasteiger partial charge in [-0.15, -0.1) is 0 Å². The summed E-state index contributed by atoms with van der Waals surface area (Å²) in [6.07, 6.45) is -5.93. The Morgan fingerprint density at radius 2 is 2.00 bits per heavy atom. The van der Waals surface area contributed by atoms with Crippen LogP contribution in [-0.4, -0.2) is 22.1 Å². The third-order valence-electron chi connectivity index (χ3n) is 0.849. The number of hydrogen-bond acceptors (Lipinski definition) is 1. The van der Waals surface area contributed by atoms with Gasteiger partial charge < -0.3 is 5.11 Å². The molecule has 11 heavy (non-hydrogen) atoms. The lowest BCUT2D eigenvalue weighted by atomic mass is 10.2. The molecule has 0 aliphatic carbocycles. The Hall–Kier alpha value is -0.260. The highest BCUT2D eigenvalue weighted by atomic mass is 79.9. The van der Waals surface area contributed by atoms with E-state index < -0.39 is 29.8 Å². The summed E-state index contributed by atoms with van der Waals surface area (Å²) in [5.41, 5.74) is 0. The standard InChI is InChI=1S/C5H6BrF3O2/c6-3(1-4(10)11)2-5(7,8)9/h3H,1-2H2,(H,10,11). The van der Waals surface area contributed by atoms with E-state index in [9.17, 15) is 18.0 Å². The van der Waals surface area contributed by atoms with Crippen LogP contribution in [0, 0.1) is 0 Å². The van der Waals surface area contributed by atoms with Crippen molar-refractivity contribution < 1.29 is 23.1 Å². The molecule has 1 unspecified atom stereocenters. The van der Waals surface area contributed by atoms with Gasteiger partial charge in [0.25, 0.3) is 0 Å². The summed E-state index contributed by atoms with van der Waals surface area (Å²) in [4.78, 5) is 8.87. The van der Waals surface area contributed by atoms with Crippen LogP contribution in [0.15, 0.2) is 0 Å².